The zero-order chi connectivity index (χ0) is 8.48. The summed E-state index contributed by atoms with van der Waals surface area (Å²) in [6.45, 7) is 0. The molecule has 0 unspecified atom stereocenters. The molecule has 0 amide bonds. The van der Waals surface area contributed by atoms with Gasteiger partial charge in [-0.1, -0.05) is 23.9 Å². The van der Waals surface area contributed by atoms with Crippen LogP contribution in [0.2, 0.25) is 0 Å². The van der Waals surface area contributed by atoms with Gasteiger partial charge in [0.1, 0.15) is 0 Å². The molecule has 60 valence electrons. The molecule has 4 nitrogen and oxygen atoms in total. The first-order chi connectivity index (χ1) is 5.02. The van der Waals surface area contributed by atoms with Crippen molar-refractivity contribution in [1.82, 2.24) is 0 Å². The molecule has 0 aliphatic rings. The normalized spacial score (nSPS) is 10.4. The van der Waals surface area contributed by atoms with Crippen LogP contribution in [0.15, 0.2) is 29.2 Å². The molecule has 0 aromatic heterocycles. The molecular formula is C6H5NaO4S. The molecule has 0 aliphatic carbocycles. The summed E-state index contributed by atoms with van der Waals surface area (Å²) in [5.74, 6) is -0.699. The average molecular weight is 196 g/mol. The monoisotopic (exact) mass is 196 g/mol. The van der Waals surface area contributed by atoms with Crippen molar-refractivity contribution in [3.63, 3.8) is 0 Å². The molecule has 0 spiro atoms. The first-order valence-electron chi connectivity index (χ1n) is 2.75. The van der Waals surface area contributed by atoms with E-state index in [-0.39, 0.29) is 29.6 Å². The molecule has 0 fully saturated rings. The summed E-state index contributed by atoms with van der Waals surface area (Å²) in [7, 11) is -4.35. The fourth-order valence-electron chi connectivity index (χ4n) is 0.663. The minimum absolute atomic E-state index is 0. The zero-order valence-electron chi connectivity index (χ0n) is 6.39. The Labute approximate surface area is 92.3 Å². The van der Waals surface area contributed by atoms with Crippen LogP contribution in [0, 0.1) is 0 Å². The second kappa shape index (κ2) is 4.25. The van der Waals surface area contributed by atoms with Crippen molar-refractivity contribution in [2.75, 3.05) is 0 Å². The third-order valence-corrected chi connectivity index (χ3v) is 2.02. The third-order valence-electron chi connectivity index (χ3n) is 1.13. The van der Waals surface area contributed by atoms with Gasteiger partial charge in [0.05, 0.1) is 4.90 Å². The molecule has 1 rings (SSSR count). The Kier molecular flexibility index (Phi) is 4.22. The van der Waals surface area contributed by atoms with Crippen LogP contribution >= 0.6 is 0 Å². The van der Waals surface area contributed by atoms with E-state index >= 15 is 0 Å². The van der Waals surface area contributed by atoms with Crippen molar-refractivity contribution in [1.29, 1.82) is 0 Å². The van der Waals surface area contributed by atoms with Gasteiger partial charge in [-0.3, -0.25) is 4.55 Å². The van der Waals surface area contributed by atoms with Gasteiger partial charge in [-0.2, -0.15) is 8.42 Å². The van der Waals surface area contributed by atoms with Gasteiger partial charge < -0.3 is 5.11 Å². The second-order valence-electron chi connectivity index (χ2n) is 1.92. The molecule has 6 heteroatoms. The number of rotatable bonds is 1. The van der Waals surface area contributed by atoms with E-state index in [0.29, 0.717) is 0 Å². The van der Waals surface area contributed by atoms with Gasteiger partial charge in [0.2, 0.25) is 0 Å². The maximum absolute atomic E-state index is 10.7. The molecule has 0 heterocycles. The van der Waals surface area contributed by atoms with E-state index in [0.717, 1.165) is 12.1 Å². The van der Waals surface area contributed by atoms with E-state index in [1.54, 1.807) is 0 Å². The maximum Gasteiger partial charge on any atom is 1.00 e. The van der Waals surface area contributed by atoms with Gasteiger partial charge in [0.25, 0.3) is 10.1 Å². The Morgan fingerprint density at radius 1 is 1.25 bits per heavy atom. The summed E-state index contributed by atoms with van der Waals surface area (Å²) in [6, 6.07) is 4.89. The summed E-state index contributed by atoms with van der Waals surface area (Å²) in [5, 5.41) is 10.7. The van der Waals surface area contributed by atoms with Crippen LogP contribution in [-0.4, -0.2) is 13.0 Å². The number of benzene rings is 1. The molecule has 0 saturated carbocycles. The largest absolute Gasteiger partial charge is 1.00 e. The summed E-state index contributed by atoms with van der Waals surface area (Å²) in [4.78, 5) is -0.583. The van der Waals surface area contributed by atoms with Crippen LogP contribution in [0.5, 0.6) is 5.75 Å². The molecule has 0 atom stereocenters. The number of hydrogen-bond acceptors (Lipinski definition) is 3. The van der Waals surface area contributed by atoms with Gasteiger partial charge in [-0.05, 0) is 6.07 Å². The van der Waals surface area contributed by atoms with Crippen LogP contribution in [0.3, 0.4) is 0 Å². The van der Waals surface area contributed by atoms with Gasteiger partial charge in [0, 0.05) is 0 Å². The van der Waals surface area contributed by atoms with Crippen molar-refractivity contribution in [2.24, 2.45) is 0 Å². The quantitative estimate of drug-likeness (QED) is 0.384. The van der Waals surface area contributed by atoms with Crippen LogP contribution in [0.1, 0.15) is 0 Å². The fourth-order valence-corrected chi connectivity index (χ4v) is 1.24. The maximum atomic E-state index is 10.7. The van der Waals surface area contributed by atoms with E-state index < -0.39 is 20.8 Å². The van der Waals surface area contributed by atoms with Gasteiger partial charge in [-0.25, -0.2) is 0 Å². The van der Waals surface area contributed by atoms with E-state index in [1.807, 2.05) is 0 Å². The topological polar surface area (TPSA) is 77.4 Å². The van der Waals surface area contributed by atoms with Crippen molar-refractivity contribution in [3.05, 3.63) is 24.3 Å². The second-order valence-corrected chi connectivity index (χ2v) is 3.31. The number of para-hydroxylation sites is 1. The third kappa shape index (κ3) is 2.76. The molecule has 12 heavy (non-hydrogen) atoms. The van der Waals surface area contributed by atoms with Crippen molar-refractivity contribution in [2.45, 2.75) is 4.90 Å². The van der Waals surface area contributed by atoms with Crippen LogP contribution in [0.25, 0.3) is 0 Å². The Balaban J connectivity index is 0.00000121. The summed E-state index contributed by atoms with van der Waals surface area (Å²) in [6.07, 6.45) is 0. The predicted molar refractivity (Wildman–Crippen MR) is 35.7 cm³/mol. The minimum atomic E-state index is -4.35. The molecular weight excluding hydrogens is 191 g/mol. The first-order valence-corrected chi connectivity index (χ1v) is 4.19. The smallest absolute Gasteiger partial charge is 0.872 e. The van der Waals surface area contributed by atoms with Crippen molar-refractivity contribution < 1.29 is 47.6 Å². The summed E-state index contributed by atoms with van der Waals surface area (Å²) >= 11 is 0. The molecule has 1 aromatic rings. The van der Waals surface area contributed by atoms with Crippen molar-refractivity contribution in [3.8, 4) is 5.75 Å². The van der Waals surface area contributed by atoms with Gasteiger partial charge in [0.15, 0.2) is 0 Å². The Morgan fingerprint density at radius 3 is 2.08 bits per heavy atom. The van der Waals surface area contributed by atoms with Crippen LogP contribution < -0.4 is 34.7 Å². The van der Waals surface area contributed by atoms with E-state index in [9.17, 15) is 13.5 Å². The Morgan fingerprint density at radius 2 is 1.75 bits per heavy atom. The first kappa shape index (κ1) is 11.9. The fraction of sp³-hybridized carbons (Fsp3) is 0. The van der Waals surface area contributed by atoms with Gasteiger partial charge in [-0.15, -0.1) is 0 Å². The average Bonchev–Trinajstić information content (AvgIpc) is 1.86. The summed E-state index contributed by atoms with van der Waals surface area (Å²) in [5.41, 5.74) is 0. The molecule has 0 radical (unpaired) electrons. The molecule has 1 aromatic carbocycles. The van der Waals surface area contributed by atoms with Crippen molar-refractivity contribution >= 4 is 10.1 Å². The van der Waals surface area contributed by atoms with Crippen LogP contribution in [0.4, 0.5) is 0 Å². The molecule has 0 aliphatic heterocycles. The van der Waals surface area contributed by atoms with E-state index in [2.05, 4.69) is 0 Å². The van der Waals surface area contributed by atoms with E-state index in [4.69, 9.17) is 4.55 Å². The van der Waals surface area contributed by atoms with Crippen LogP contribution in [-0.2, 0) is 10.1 Å². The van der Waals surface area contributed by atoms with E-state index in [1.165, 1.54) is 12.1 Å². The Bertz CT molecular complexity index is 360. The Hall–Kier alpha value is -0.0700. The molecule has 0 saturated heterocycles. The molecule has 0 bridgehead atoms. The standard InChI is InChI=1S/C6H6O4S.Na/c7-5-3-1-2-4-6(5)11(8,9)10;/h1-4,7H,(H,8,9,10);/q;+1/p-1. The minimum Gasteiger partial charge on any atom is -0.872 e. The van der Waals surface area contributed by atoms with Gasteiger partial charge >= 0.3 is 29.6 Å². The number of hydrogen-bond donors (Lipinski definition) is 1. The predicted octanol–water partition coefficient (Wildman–Crippen LogP) is -2.99. The SMILES string of the molecule is O=S(=O)(O)c1ccccc1[O-].[Na+]. The molecule has 1 N–H and O–H groups in total. The zero-order valence-corrected chi connectivity index (χ0v) is 9.21. The summed E-state index contributed by atoms with van der Waals surface area (Å²) < 4.78 is 29.3.